The number of anilines is 1. The van der Waals surface area contributed by atoms with Gasteiger partial charge < -0.3 is 16.0 Å². The Labute approximate surface area is 104 Å². The molecule has 5 heteroatoms. The molecule has 4 nitrogen and oxygen atoms in total. The molecule has 1 rings (SSSR count). The van der Waals surface area contributed by atoms with Gasteiger partial charge in [-0.05, 0) is 41.2 Å². The lowest BCUT2D eigenvalue weighted by Crippen LogP contribution is -2.27. The second kappa shape index (κ2) is 5.86. The van der Waals surface area contributed by atoms with Gasteiger partial charge in [0, 0.05) is 30.2 Å². The molecule has 0 aliphatic rings. The summed E-state index contributed by atoms with van der Waals surface area (Å²) in [6.07, 6.45) is 0. The largest absolute Gasteiger partial charge is 0.372 e. The molecule has 0 bridgehead atoms. The fraction of sp³-hybridized carbons (Fsp3) is 0.364. The van der Waals surface area contributed by atoms with E-state index >= 15 is 0 Å². The zero-order valence-electron chi connectivity index (χ0n) is 9.46. The van der Waals surface area contributed by atoms with Crippen LogP contribution in [0.4, 0.5) is 5.69 Å². The number of likely N-dealkylation sites (N-methyl/N-ethyl adjacent to an activating group) is 2. The Morgan fingerprint density at radius 3 is 2.75 bits per heavy atom. The van der Waals surface area contributed by atoms with Crippen molar-refractivity contribution in [2.24, 2.45) is 5.73 Å². The Bertz CT molecular complexity index is 381. The number of carbonyl (C=O) groups is 1. The highest BCUT2D eigenvalue weighted by atomic mass is 79.9. The number of benzene rings is 1. The Morgan fingerprint density at radius 1 is 1.56 bits per heavy atom. The van der Waals surface area contributed by atoms with Crippen molar-refractivity contribution in [2.75, 3.05) is 32.1 Å². The van der Waals surface area contributed by atoms with Gasteiger partial charge in [-0.1, -0.05) is 0 Å². The number of primary amides is 1. The van der Waals surface area contributed by atoms with Gasteiger partial charge in [-0.15, -0.1) is 0 Å². The molecule has 0 aliphatic heterocycles. The predicted molar refractivity (Wildman–Crippen MR) is 69.9 cm³/mol. The van der Waals surface area contributed by atoms with Crippen molar-refractivity contribution in [1.82, 2.24) is 5.32 Å². The number of nitrogens with one attached hydrogen (secondary N) is 1. The SMILES string of the molecule is CNCCN(C)c1ccc(C(N)=O)cc1Br. The first-order valence-electron chi connectivity index (χ1n) is 5.01. The summed E-state index contributed by atoms with van der Waals surface area (Å²) in [6.45, 7) is 1.80. The van der Waals surface area contributed by atoms with Crippen molar-refractivity contribution >= 4 is 27.5 Å². The van der Waals surface area contributed by atoms with Crippen LogP contribution in [0.2, 0.25) is 0 Å². The Hall–Kier alpha value is -1.07. The first kappa shape index (κ1) is 13.0. The van der Waals surface area contributed by atoms with Crippen molar-refractivity contribution in [2.45, 2.75) is 0 Å². The number of rotatable bonds is 5. The zero-order valence-corrected chi connectivity index (χ0v) is 11.0. The van der Waals surface area contributed by atoms with Crippen molar-refractivity contribution < 1.29 is 4.79 Å². The maximum Gasteiger partial charge on any atom is 0.248 e. The normalized spacial score (nSPS) is 10.2. The summed E-state index contributed by atoms with van der Waals surface area (Å²) in [5.41, 5.74) is 6.76. The number of hydrogen-bond donors (Lipinski definition) is 2. The van der Waals surface area contributed by atoms with Gasteiger partial charge in [0.05, 0.1) is 5.69 Å². The van der Waals surface area contributed by atoms with Crippen LogP contribution in [0, 0.1) is 0 Å². The molecule has 0 aliphatic carbocycles. The fourth-order valence-electron chi connectivity index (χ4n) is 1.37. The molecular weight excluding hydrogens is 270 g/mol. The van der Waals surface area contributed by atoms with E-state index in [1.165, 1.54) is 0 Å². The molecule has 0 spiro atoms. The van der Waals surface area contributed by atoms with Crippen LogP contribution in [0.1, 0.15) is 10.4 Å². The van der Waals surface area contributed by atoms with E-state index < -0.39 is 5.91 Å². The van der Waals surface area contributed by atoms with Gasteiger partial charge in [0.25, 0.3) is 0 Å². The molecule has 0 heterocycles. The van der Waals surface area contributed by atoms with Crippen LogP contribution in [0.15, 0.2) is 22.7 Å². The first-order valence-corrected chi connectivity index (χ1v) is 5.80. The minimum Gasteiger partial charge on any atom is -0.372 e. The lowest BCUT2D eigenvalue weighted by atomic mass is 10.2. The van der Waals surface area contributed by atoms with Gasteiger partial charge >= 0.3 is 0 Å². The van der Waals surface area contributed by atoms with Crippen LogP contribution in [0.3, 0.4) is 0 Å². The molecule has 0 saturated heterocycles. The molecule has 0 aromatic heterocycles. The standard InChI is InChI=1S/C11H16BrN3O/c1-14-5-6-15(2)10-4-3-8(11(13)16)7-9(10)12/h3-4,7,14H,5-6H2,1-2H3,(H2,13,16). The first-order chi connectivity index (χ1) is 7.56. The molecular formula is C11H16BrN3O. The molecule has 1 aromatic carbocycles. The predicted octanol–water partition coefficient (Wildman–Crippen LogP) is 1.20. The number of hydrogen-bond acceptors (Lipinski definition) is 3. The van der Waals surface area contributed by atoms with Gasteiger partial charge in [0.15, 0.2) is 0 Å². The summed E-state index contributed by atoms with van der Waals surface area (Å²) >= 11 is 3.44. The van der Waals surface area contributed by atoms with Crippen LogP contribution >= 0.6 is 15.9 Å². The van der Waals surface area contributed by atoms with Gasteiger partial charge in [-0.25, -0.2) is 0 Å². The summed E-state index contributed by atoms with van der Waals surface area (Å²) < 4.78 is 0.877. The molecule has 0 saturated carbocycles. The molecule has 1 aromatic rings. The number of carbonyl (C=O) groups excluding carboxylic acids is 1. The van der Waals surface area contributed by atoms with Gasteiger partial charge in [-0.2, -0.15) is 0 Å². The maximum atomic E-state index is 11.0. The van der Waals surface area contributed by atoms with E-state index in [1.807, 2.05) is 20.2 Å². The number of nitrogens with two attached hydrogens (primary N) is 1. The summed E-state index contributed by atoms with van der Waals surface area (Å²) in [4.78, 5) is 13.1. The van der Waals surface area contributed by atoms with E-state index in [0.717, 1.165) is 23.2 Å². The highest BCUT2D eigenvalue weighted by molar-refractivity contribution is 9.10. The zero-order chi connectivity index (χ0) is 12.1. The van der Waals surface area contributed by atoms with Crippen molar-refractivity contribution in [3.05, 3.63) is 28.2 Å². The van der Waals surface area contributed by atoms with Crippen molar-refractivity contribution in [3.63, 3.8) is 0 Å². The van der Waals surface area contributed by atoms with Crippen LogP contribution < -0.4 is 16.0 Å². The molecule has 1 amide bonds. The van der Waals surface area contributed by atoms with Crippen molar-refractivity contribution in [1.29, 1.82) is 0 Å². The molecule has 0 fully saturated rings. The molecule has 88 valence electrons. The van der Waals surface area contributed by atoms with Crippen LogP contribution in [-0.4, -0.2) is 33.1 Å². The Kier molecular flexibility index (Phi) is 4.76. The second-order valence-electron chi connectivity index (χ2n) is 3.56. The van der Waals surface area contributed by atoms with Gasteiger partial charge in [-0.3, -0.25) is 4.79 Å². The molecule has 0 atom stereocenters. The Balaban J connectivity index is 2.85. The van der Waals surface area contributed by atoms with Crippen LogP contribution in [0.25, 0.3) is 0 Å². The monoisotopic (exact) mass is 285 g/mol. The van der Waals surface area contributed by atoms with Gasteiger partial charge in [0.2, 0.25) is 5.91 Å². The summed E-state index contributed by atoms with van der Waals surface area (Å²) in [5.74, 6) is -0.412. The molecule has 0 radical (unpaired) electrons. The van der Waals surface area contributed by atoms with E-state index in [0.29, 0.717) is 5.56 Å². The lowest BCUT2D eigenvalue weighted by Gasteiger charge is -2.20. The van der Waals surface area contributed by atoms with E-state index in [1.54, 1.807) is 12.1 Å². The summed E-state index contributed by atoms with van der Waals surface area (Å²) in [6, 6.07) is 5.37. The number of nitrogens with zero attached hydrogens (tertiary/aromatic N) is 1. The smallest absolute Gasteiger partial charge is 0.248 e. The van der Waals surface area contributed by atoms with E-state index in [9.17, 15) is 4.79 Å². The molecule has 0 unspecified atom stereocenters. The average molecular weight is 286 g/mol. The third-order valence-corrected chi connectivity index (χ3v) is 2.98. The van der Waals surface area contributed by atoms with E-state index in [4.69, 9.17) is 5.73 Å². The molecule has 16 heavy (non-hydrogen) atoms. The van der Waals surface area contributed by atoms with Gasteiger partial charge in [0.1, 0.15) is 0 Å². The third-order valence-electron chi connectivity index (χ3n) is 2.34. The summed E-state index contributed by atoms with van der Waals surface area (Å²) in [7, 11) is 3.92. The second-order valence-corrected chi connectivity index (χ2v) is 4.41. The minimum atomic E-state index is -0.412. The topological polar surface area (TPSA) is 58.4 Å². The number of amides is 1. The fourth-order valence-corrected chi connectivity index (χ4v) is 2.05. The Morgan fingerprint density at radius 2 is 2.25 bits per heavy atom. The van der Waals surface area contributed by atoms with Crippen LogP contribution in [-0.2, 0) is 0 Å². The molecule has 3 N–H and O–H groups in total. The lowest BCUT2D eigenvalue weighted by molar-refractivity contribution is 0.100. The van der Waals surface area contributed by atoms with E-state index in [-0.39, 0.29) is 0 Å². The van der Waals surface area contributed by atoms with E-state index in [2.05, 4.69) is 26.1 Å². The number of halogens is 1. The minimum absolute atomic E-state index is 0.412. The maximum absolute atomic E-state index is 11.0. The summed E-state index contributed by atoms with van der Waals surface area (Å²) in [5, 5.41) is 3.09. The highest BCUT2D eigenvalue weighted by Crippen LogP contribution is 2.26. The third kappa shape index (κ3) is 3.21. The highest BCUT2D eigenvalue weighted by Gasteiger charge is 2.08. The van der Waals surface area contributed by atoms with Crippen LogP contribution in [0.5, 0.6) is 0 Å². The average Bonchev–Trinajstić information content (AvgIpc) is 2.25. The quantitative estimate of drug-likeness (QED) is 0.855. The van der Waals surface area contributed by atoms with Crippen molar-refractivity contribution in [3.8, 4) is 0 Å².